The minimum Gasteiger partial charge on any atom is -0.486 e. The van der Waals surface area contributed by atoms with Crippen LogP contribution in [0.1, 0.15) is 5.56 Å². The van der Waals surface area contributed by atoms with Crippen LogP contribution in [0.3, 0.4) is 0 Å². The van der Waals surface area contributed by atoms with Gasteiger partial charge in [-0.05, 0) is 29.8 Å². The third kappa shape index (κ3) is 2.63. The predicted octanol–water partition coefficient (Wildman–Crippen LogP) is 2.66. The second-order valence-electron chi connectivity index (χ2n) is 4.38. The minimum atomic E-state index is 0.560. The molecule has 1 heterocycles. The van der Waals surface area contributed by atoms with Gasteiger partial charge in [0.05, 0.1) is 0 Å². The van der Waals surface area contributed by atoms with Gasteiger partial charge in [-0.3, -0.25) is 0 Å². The number of benzene rings is 2. The monoisotopic (exact) mass is 256 g/mol. The first-order chi connectivity index (χ1) is 9.35. The molecule has 0 unspecified atom stereocenters. The highest BCUT2D eigenvalue weighted by Crippen LogP contribution is 2.33. The Labute approximate surface area is 112 Å². The van der Waals surface area contributed by atoms with Crippen molar-refractivity contribution in [1.82, 2.24) is 0 Å². The third-order valence-electron chi connectivity index (χ3n) is 3.02. The molecule has 0 radical (unpaired) electrons. The van der Waals surface area contributed by atoms with Gasteiger partial charge in [0.2, 0.25) is 0 Å². The second kappa shape index (κ2) is 5.20. The second-order valence-corrected chi connectivity index (χ2v) is 4.38. The fourth-order valence-electron chi connectivity index (χ4n) is 2.01. The van der Waals surface area contributed by atoms with E-state index in [9.17, 15) is 0 Å². The normalized spacial score (nSPS) is 13.1. The molecule has 3 rings (SSSR count). The molecular formula is C15H16N2O2. The summed E-state index contributed by atoms with van der Waals surface area (Å²) in [5, 5.41) is 3.33. The summed E-state index contributed by atoms with van der Waals surface area (Å²) in [6.07, 6.45) is 0. The molecule has 0 amide bonds. The Morgan fingerprint density at radius 2 is 1.58 bits per heavy atom. The topological polar surface area (TPSA) is 56.5 Å². The molecule has 2 aromatic rings. The summed E-state index contributed by atoms with van der Waals surface area (Å²) in [5.74, 6) is 1.59. The van der Waals surface area contributed by atoms with Gasteiger partial charge in [0.15, 0.2) is 11.5 Å². The summed E-state index contributed by atoms with van der Waals surface area (Å²) in [5.41, 5.74) is 8.69. The zero-order chi connectivity index (χ0) is 13.1. The molecule has 0 aromatic heterocycles. The fraction of sp³-hybridized carbons (Fsp3) is 0.200. The van der Waals surface area contributed by atoms with Crippen molar-refractivity contribution in [3.8, 4) is 11.5 Å². The molecular weight excluding hydrogens is 240 g/mol. The SMILES string of the molecule is NCc1ccc(Nc2ccc3c(c2)OCCO3)cc1. The number of nitrogens with two attached hydrogens (primary N) is 1. The lowest BCUT2D eigenvalue weighted by Crippen LogP contribution is -2.15. The highest BCUT2D eigenvalue weighted by atomic mass is 16.6. The Morgan fingerprint density at radius 3 is 2.32 bits per heavy atom. The van der Waals surface area contributed by atoms with E-state index in [1.807, 2.05) is 42.5 Å². The van der Waals surface area contributed by atoms with Crippen molar-refractivity contribution in [1.29, 1.82) is 0 Å². The van der Waals surface area contributed by atoms with E-state index < -0.39 is 0 Å². The minimum absolute atomic E-state index is 0.560. The highest BCUT2D eigenvalue weighted by molar-refractivity contribution is 5.63. The lowest BCUT2D eigenvalue weighted by molar-refractivity contribution is 0.171. The number of nitrogens with one attached hydrogen (secondary N) is 1. The Bertz CT molecular complexity index is 567. The van der Waals surface area contributed by atoms with Gasteiger partial charge >= 0.3 is 0 Å². The molecule has 0 saturated carbocycles. The van der Waals surface area contributed by atoms with E-state index in [0.29, 0.717) is 19.8 Å². The van der Waals surface area contributed by atoms with Gasteiger partial charge in [-0.1, -0.05) is 12.1 Å². The fourth-order valence-corrected chi connectivity index (χ4v) is 2.01. The average Bonchev–Trinajstić information content (AvgIpc) is 2.48. The van der Waals surface area contributed by atoms with E-state index in [0.717, 1.165) is 28.4 Å². The molecule has 0 atom stereocenters. The lowest BCUT2D eigenvalue weighted by Gasteiger charge is -2.19. The Morgan fingerprint density at radius 1 is 0.895 bits per heavy atom. The van der Waals surface area contributed by atoms with E-state index >= 15 is 0 Å². The van der Waals surface area contributed by atoms with Crippen LogP contribution in [-0.4, -0.2) is 13.2 Å². The van der Waals surface area contributed by atoms with Crippen molar-refractivity contribution in [2.24, 2.45) is 5.73 Å². The highest BCUT2D eigenvalue weighted by Gasteiger charge is 2.11. The van der Waals surface area contributed by atoms with Crippen LogP contribution in [0.4, 0.5) is 11.4 Å². The van der Waals surface area contributed by atoms with Crippen LogP contribution in [0.25, 0.3) is 0 Å². The first-order valence-electron chi connectivity index (χ1n) is 6.31. The standard InChI is InChI=1S/C15H16N2O2/c16-10-11-1-3-12(4-2-11)17-13-5-6-14-15(9-13)19-8-7-18-14/h1-6,9,17H,7-8,10,16H2. The molecule has 1 aliphatic rings. The predicted molar refractivity (Wildman–Crippen MR) is 75.0 cm³/mol. The zero-order valence-electron chi connectivity index (χ0n) is 10.6. The van der Waals surface area contributed by atoms with Crippen LogP contribution in [0.2, 0.25) is 0 Å². The van der Waals surface area contributed by atoms with Gasteiger partial charge in [0.1, 0.15) is 13.2 Å². The number of hydrogen-bond donors (Lipinski definition) is 2. The van der Waals surface area contributed by atoms with E-state index in [1.54, 1.807) is 0 Å². The van der Waals surface area contributed by atoms with Gasteiger partial charge in [0.25, 0.3) is 0 Å². The summed E-state index contributed by atoms with van der Waals surface area (Å²) < 4.78 is 11.0. The molecule has 3 N–H and O–H groups in total. The maximum atomic E-state index is 5.58. The maximum Gasteiger partial charge on any atom is 0.163 e. The largest absolute Gasteiger partial charge is 0.486 e. The number of rotatable bonds is 3. The van der Waals surface area contributed by atoms with Crippen molar-refractivity contribution in [3.63, 3.8) is 0 Å². The first kappa shape index (κ1) is 11.9. The lowest BCUT2D eigenvalue weighted by atomic mass is 10.2. The molecule has 0 saturated heterocycles. The maximum absolute atomic E-state index is 5.58. The summed E-state index contributed by atoms with van der Waals surface area (Å²) in [4.78, 5) is 0. The molecule has 1 aliphatic heterocycles. The summed E-state index contributed by atoms with van der Waals surface area (Å²) in [6, 6.07) is 13.9. The molecule has 4 nitrogen and oxygen atoms in total. The van der Waals surface area contributed by atoms with E-state index in [4.69, 9.17) is 15.2 Å². The van der Waals surface area contributed by atoms with Crippen LogP contribution in [0.5, 0.6) is 11.5 Å². The van der Waals surface area contributed by atoms with Crippen molar-refractivity contribution >= 4 is 11.4 Å². The van der Waals surface area contributed by atoms with E-state index in [1.165, 1.54) is 0 Å². The Kier molecular flexibility index (Phi) is 3.25. The van der Waals surface area contributed by atoms with Gasteiger partial charge < -0.3 is 20.5 Å². The summed E-state index contributed by atoms with van der Waals surface area (Å²) in [6.45, 7) is 1.77. The van der Waals surface area contributed by atoms with Crippen LogP contribution in [0, 0.1) is 0 Å². The number of fused-ring (bicyclic) bond motifs is 1. The van der Waals surface area contributed by atoms with E-state index in [-0.39, 0.29) is 0 Å². The average molecular weight is 256 g/mol. The molecule has 2 aromatic carbocycles. The van der Waals surface area contributed by atoms with Crippen LogP contribution < -0.4 is 20.5 Å². The quantitative estimate of drug-likeness (QED) is 0.886. The third-order valence-corrected chi connectivity index (χ3v) is 3.02. The number of ether oxygens (including phenoxy) is 2. The van der Waals surface area contributed by atoms with Crippen molar-refractivity contribution < 1.29 is 9.47 Å². The van der Waals surface area contributed by atoms with Crippen molar-refractivity contribution in [3.05, 3.63) is 48.0 Å². The van der Waals surface area contributed by atoms with Crippen LogP contribution >= 0.6 is 0 Å². The summed E-state index contributed by atoms with van der Waals surface area (Å²) in [7, 11) is 0. The van der Waals surface area contributed by atoms with Gasteiger partial charge in [-0.2, -0.15) is 0 Å². The van der Waals surface area contributed by atoms with Crippen molar-refractivity contribution in [2.45, 2.75) is 6.54 Å². The Hall–Kier alpha value is -2.20. The zero-order valence-corrected chi connectivity index (χ0v) is 10.6. The number of hydrogen-bond acceptors (Lipinski definition) is 4. The number of anilines is 2. The molecule has 0 fully saturated rings. The summed E-state index contributed by atoms with van der Waals surface area (Å²) >= 11 is 0. The molecule has 19 heavy (non-hydrogen) atoms. The van der Waals surface area contributed by atoms with Gasteiger partial charge in [-0.15, -0.1) is 0 Å². The van der Waals surface area contributed by atoms with Gasteiger partial charge in [0, 0.05) is 24.0 Å². The van der Waals surface area contributed by atoms with Crippen LogP contribution in [-0.2, 0) is 6.54 Å². The first-order valence-corrected chi connectivity index (χ1v) is 6.31. The molecule has 0 bridgehead atoms. The molecule has 0 aliphatic carbocycles. The molecule has 4 heteroatoms. The molecule has 0 spiro atoms. The van der Waals surface area contributed by atoms with E-state index in [2.05, 4.69) is 5.32 Å². The van der Waals surface area contributed by atoms with Gasteiger partial charge in [-0.25, -0.2) is 0 Å². The Balaban J connectivity index is 1.78. The smallest absolute Gasteiger partial charge is 0.163 e. The molecule has 98 valence electrons. The van der Waals surface area contributed by atoms with Crippen LogP contribution in [0.15, 0.2) is 42.5 Å². The van der Waals surface area contributed by atoms with Crippen molar-refractivity contribution in [2.75, 3.05) is 18.5 Å².